The van der Waals surface area contributed by atoms with Gasteiger partial charge in [-0.1, -0.05) is 28.9 Å². The molecule has 6 heteroatoms. The minimum Gasteiger partial charge on any atom is -0.317 e. The average molecular weight is 339 g/mol. The topological polar surface area (TPSA) is 66.5 Å². The van der Waals surface area contributed by atoms with Crippen LogP contribution in [0.2, 0.25) is 0 Å². The van der Waals surface area contributed by atoms with E-state index in [0.29, 0.717) is 12.0 Å². The third-order valence-corrected chi connectivity index (χ3v) is 4.18. The van der Waals surface area contributed by atoms with Gasteiger partial charge in [0.25, 0.3) is 5.91 Å². The van der Waals surface area contributed by atoms with Gasteiger partial charge in [0.2, 0.25) is 11.8 Å². The molecule has 5 nitrogen and oxygen atoms in total. The molecule has 20 heavy (non-hydrogen) atoms. The van der Waals surface area contributed by atoms with Crippen molar-refractivity contribution in [3.05, 3.63) is 33.8 Å². The van der Waals surface area contributed by atoms with Gasteiger partial charge in [-0.15, -0.1) is 0 Å². The van der Waals surface area contributed by atoms with E-state index >= 15 is 0 Å². The smallest absolute Gasteiger partial charge is 0.255 e. The van der Waals surface area contributed by atoms with Crippen LogP contribution in [0, 0.1) is 6.92 Å². The first-order chi connectivity index (χ1) is 9.43. The van der Waals surface area contributed by atoms with E-state index in [0.717, 1.165) is 10.0 Å². The summed E-state index contributed by atoms with van der Waals surface area (Å²) in [7, 11) is 0. The van der Waals surface area contributed by atoms with E-state index in [1.165, 1.54) is 4.90 Å². The van der Waals surface area contributed by atoms with Gasteiger partial charge in [0.1, 0.15) is 12.6 Å². The van der Waals surface area contributed by atoms with Crippen LogP contribution < -0.4 is 5.32 Å². The summed E-state index contributed by atoms with van der Waals surface area (Å²) < 4.78 is 0.823. The van der Waals surface area contributed by atoms with E-state index in [2.05, 4.69) is 21.2 Å². The Morgan fingerprint density at radius 3 is 2.75 bits per heavy atom. The average Bonchev–Trinajstić information content (AvgIpc) is 2.40. The molecule has 1 aromatic rings. The fraction of sp³-hybridized carbons (Fsp3) is 0.357. The molecule has 0 aliphatic carbocycles. The van der Waals surface area contributed by atoms with E-state index in [-0.39, 0.29) is 12.5 Å². The number of piperazine rings is 1. The molecule has 1 aromatic carbocycles. The van der Waals surface area contributed by atoms with Crippen molar-refractivity contribution in [3.63, 3.8) is 0 Å². The van der Waals surface area contributed by atoms with Crippen LogP contribution in [0.1, 0.15) is 29.3 Å². The first-order valence-corrected chi connectivity index (χ1v) is 7.14. The number of nitrogens with one attached hydrogen (secondary N) is 1. The lowest BCUT2D eigenvalue weighted by atomic mass is 10.1. The molecule has 106 valence electrons. The number of hydrogen-bond donors (Lipinski definition) is 1. The number of rotatable bonds is 2. The normalized spacial score (nSPS) is 18.9. The summed E-state index contributed by atoms with van der Waals surface area (Å²) in [6.07, 6.45) is 0.470. The van der Waals surface area contributed by atoms with E-state index in [4.69, 9.17) is 0 Å². The third-order valence-electron chi connectivity index (χ3n) is 3.32. The Kier molecular flexibility index (Phi) is 4.23. The summed E-state index contributed by atoms with van der Waals surface area (Å²) in [6.45, 7) is 3.64. The zero-order valence-corrected chi connectivity index (χ0v) is 12.9. The van der Waals surface area contributed by atoms with Crippen LogP contribution in [0.15, 0.2) is 22.7 Å². The zero-order chi connectivity index (χ0) is 14.9. The lowest BCUT2D eigenvalue weighted by Gasteiger charge is -2.33. The van der Waals surface area contributed by atoms with E-state index in [9.17, 15) is 14.4 Å². The Bertz CT molecular complexity index is 586. The number of aryl methyl sites for hydroxylation is 1. The first kappa shape index (κ1) is 14.7. The van der Waals surface area contributed by atoms with Crippen LogP contribution >= 0.6 is 15.9 Å². The summed E-state index contributed by atoms with van der Waals surface area (Å²) in [5.41, 5.74) is 1.48. The van der Waals surface area contributed by atoms with Crippen molar-refractivity contribution in [1.29, 1.82) is 0 Å². The van der Waals surface area contributed by atoms with Crippen LogP contribution in [0.4, 0.5) is 0 Å². The van der Waals surface area contributed by atoms with Crippen molar-refractivity contribution in [2.45, 2.75) is 26.3 Å². The van der Waals surface area contributed by atoms with Crippen molar-refractivity contribution < 1.29 is 14.4 Å². The number of hydrogen-bond acceptors (Lipinski definition) is 3. The van der Waals surface area contributed by atoms with Crippen molar-refractivity contribution in [2.75, 3.05) is 6.54 Å². The molecule has 1 N–H and O–H groups in total. The highest BCUT2D eigenvalue weighted by atomic mass is 79.9. The minimum absolute atomic E-state index is 0.0887. The zero-order valence-electron chi connectivity index (χ0n) is 11.3. The number of nitrogens with zero attached hydrogens (tertiary/aromatic N) is 1. The van der Waals surface area contributed by atoms with Gasteiger partial charge in [0.05, 0.1) is 0 Å². The van der Waals surface area contributed by atoms with E-state index < -0.39 is 17.9 Å². The largest absolute Gasteiger partial charge is 0.317 e. The summed E-state index contributed by atoms with van der Waals surface area (Å²) in [4.78, 5) is 37.1. The SMILES string of the molecule is CCC1C(=O)NC(=O)CN1C(=O)c1ccc(C)c(Br)c1. The second-order valence-corrected chi connectivity index (χ2v) is 5.59. The van der Waals surface area contributed by atoms with Crippen molar-refractivity contribution in [1.82, 2.24) is 10.2 Å². The van der Waals surface area contributed by atoms with Crippen LogP contribution in [-0.4, -0.2) is 35.2 Å². The molecule has 1 aliphatic heterocycles. The highest BCUT2D eigenvalue weighted by molar-refractivity contribution is 9.10. The molecule has 0 bridgehead atoms. The van der Waals surface area contributed by atoms with E-state index in [1.807, 2.05) is 19.9 Å². The number of imide groups is 1. The molecule has 1 saturated heterocycles. The number of benzene rings is 1. The molecular formula is C14H15BrN2O3. The molecule has 1 fully saturated rings. The molecule has 1 aliphatic rings. The van der Waals surface area contributed by atoms with Crippen molar-refractivity contribution >= 4 is 33.7 Å². The first-order valence-electron chi connectivity index (χ1n) is 6.35. The molecule has 1 heterocycles. The number of halogens is 1. The van der Waals surface area contributed by atoms with Crippen LogP contribution in [0.25, 0.3) is 0 Å². The maximum absolute atomic E-state index is 12.5. The third kappa shape index (κ3) is 2.75. The molecule has 0 saturated carbocycles. The van der Waals surface area contributed by atoms with Gasteiger partial charge in [-0.05, 0) is 31.0 Å². The highest BCUT2D eigenvalue weighted by Crippen LogP contribution is 2.20. The Morgan fingerprint density at radius 2 is 2.15 bits per heavy atom. The van der Waals surface area contributed by atoms with Crippen LogP contribution in [0.3, 0.4) is 0 Å². The van der Waals surface area contributed by atoms with Crippen LogP contribution in [0.5, 0.6) is 0 Å². The predicted molar refractivity (Wildman–Crippen MR) is 77.1 cm³/mol. The molecule has 0 spiro atoms. The Labute approximate surface area is 125 Å². The molecule has 0 radical (unpaired) electrons. The second-order valence-electron chi connectivity index (χ2n) is 4.73. The summed E-state index contributed by atoms with van der Waals surface area (Å²) in [5, 5.41) is 2.26. The maximum atomic E-state index is 12.5. The fourth-order valence-electron chi connectivity index (χ4n) is 2.18. The van der Waals surface area contributed by atoms with Gasteiger partial charge in [-0.3, -0.25) is 19.7 Å². The minimum atomic E-state index is -0.597. The lowest BCUT2D eigenvalue weighted by Crippen LogP contribution is -2.59. The van der Waals surface area contributed by atoms with Gasteiger partial charge < -0.3 is 4.90 Å². The number of carbonyl (C=O) groups is 3. The van der Waals surface area contributed by atoms with Gasteiger partial charge in [-0.2, -0.15) is 0 Å². The molecule has 3 amide bonds. The van der Waals surface area contributed by atoms with E-state index in [1.54, 1.807) is 12.1 Å². The predicted octanol–water partition coefficient (Wildman–Crippen LogP) is 1.63. The fourth-order valence-corrected chi connectivity index (χ4v) is 2.56. The summed E-state index contributed by atoms with van der Waals surface area (Å²) >= 11 is 3.38. The summed E-state index contributed by atoms with van der Waals surface area (Å²) in [6, 6.07) is 4.64. The quantitative estimate of drug-likeness (QED) is 0.833. The number of amides is 3. The lowest BCUT2D eigenvalue weighted by molar-refractivity contribution is -0.138. The van der Waals surface area contributed by atoms with Gasteiger partial charge >= 0.3 is 0 Å². The Morgan fingerprint density at radius 1 is 1.45 bits per heavy atom. The summed E-state index contributed by atoms with van der Waals surface area (Å²) in [5.74, 6) is -1.16. The maximum Gasteiger partial charge on any atom is 0.255 e. The van der Waals surface area contributed by atoms with Crippen molar-refractivity contribution in [3.8, 4) is 0 Å². The molecule has 0 aromatic heterocycles. The van der Waals surface area contributed by atoms with Crippen molar-refractivity contribution in [2.24, 2.45) is 0 Å². The number of carbonyl (C=O) groups excluding carboxylic acids is 3. The van der Waals surface area contributed by atoms with Gasteiger partial charge in [-0.25, -0.2) is 0 Å². The second kappa shape index (κ2) is 5.75. The standard InChI is InChI=1S/C14H15BrN2O3/c1-3-11-13(19)16-12(18)7-17(11)14(20)9-5-4-8(2)10(15)6-9/h4-6,11H,3,7H2,1-2H3,(H,16,18,19). The highest BCUT2D eigenvalue weighted by Gasteiger charge is 2.35. The Hall–Kier alpha value is -1.69. The van der Waals surface area contributed by atoms with Gasteiger partial charge in [0, 0.05) is 10.0 Å². The molecule has 2 rings (SSSR count). The molecule has 1 atom stereocenters. The Balaban J connectivity index is 2.32. The van der Waals surface area contributed by atoms with Crippen LogP contribution in [-0.2, 0) is 9.59 Å². The van der Waals surface area contributed by atoms with Gasteiger partial charge in [0.15, 0.2) is 0 Å². The molecule has 1 unspecified atom stereocenters. The monoisotopic (exact) mass is 338 g/mol. The molecular weight excluding hydrogens is 324 g/mol.